The standard InChI is InChI=1S/C22H17FN2O3/c1-27-19-11-5-9-17(20(19)28-13-14-6-4-7-15(23)12-14)21-24-18-10-3-2-8-16(18)22(26)25-21/h2-12H,13H2,1H3,(H,24,25,26). The van der Waals surface area contributed by atoms with Gasteiger partial charge in [0.05, 0.1) is 23.6 Å². The van der Waals surface area contributed by atoms with E-state index in [9.17, 15) is 9.18 Å². The number of nitrogens with one attached hydrogen (secondary N) is 1. The summed E-state index contributed by atoms with van der Waals surface area (Å²) < 4.78 is 24.8. The monoisotopic (exact) mass is 376 g/mol. The summed E-state index contributed by atoms with van der Waals surface area (Å²) >= 11 is 0. The Balaban J connectivity index is 1.78. The summed E-state index contributed by atoms with van der Waals surface area (Å²) in [6.45, 7) is 0.142. The van der Waals surface area contributed by atoms with Crippen molar-refractivity contribution in [3.05, 3.63) is 88.5 Å². The quantitative estimate of drug-likeness (QED) is 0.564. The van der Waals surface area contributed by atoms with Gasteiger partial charge in [0, 0.05) is 0 Å². The Morgan fingerprint density at radius 1 is 1.04 bits per heavy atom. The molecule has 4 rings (SSSR count). The highest BCUT2D eigenvalue weighted by Gasteiger charge is 2.16. The van der Waals surface area contributed by atoms with E-state index in [0.717, 1.165) is 0 Å². The van der Waals surface area contributed by atoms with E-state index in [1.54, 1.807) is 48.5 Å². The number of para-hydroxylation sites is 2. The Hall–Kier alpha value is -3.67. The fraction of sp³-hybridized carbons (Fsp3) is 0.0909. The Bertz CT molecular complexity index is 1200. The molecule has 0 aliphatic carbocycles. The van der Waals surface area contributed by atoms with Gasteiger partial charge in [0.2, 0.25) is 0 Å². The van der Waals surface area contributed by atoms with Crippen LogP contribution in [-0.2, 0) is 6.61 Å². The average molecular weight is 376 g/mol. The first-order valence-electron chi connectivity index (χ1n) is 8.69. The van der Waals surface area contributed by atoms with Crippen LogP contribution in [0.4, 0.5) is 4.39 Å². The smallest absolute Gasteiger partial charge is 0.259 e. The molecule has 5 nitrogen and oxygen atoms in total. The highest BCUT2D eigenvalue weighted by atomic mass is 19.1. The molecule has 0 atom stereocenters. The van der Waals surface area contributed by atoms with Crippen LogP contribution < -0.4 is 15.0 Å². The molecule has 0 spiro atoms. The van der Waals surface area contributed by atoms with Crippen LogP contribution in [0.2, 0.25) is 0 Å². The van der Waals surface area contributed by atoms with Crippen LogP contribution in [0.25, 0.3) is 22.3 Å². The number of rotatable bonds is 5. The molecule has 0 aliphatic heterocycles. The van der Waals surface area contributed by atoms with Crippen molar-refractivity contribution >= 4 is 10.9 Å². The SMILES string of the molecule is COc1cccc(-c2nc3ccccc3c(=O)[nH]2)c1OCc1cccc(F)c1. The van der Waals surface area contributed by atoms with Crippen molar-refractivity contribution in [3.63, 3.8) is 0 Å². The van der Waals surface area contributed by atoms with Gasteiger partial charge in [-0.25, -0.2) is 9.37 Å². The lowest BCUT2D eigenvalue weighted by Crippen LogP contribution is -2.10. The minimum Gasteiger partial charge on any atom is -0.493 e. The molecule has 0 saturated carbocycles. The number of nitrogens with zero attached hydrogens (tertiary/aromatic N) is 1. The number of hydrogen-bond donors (Lipinski definition) is 1. The fourth-order valence-corrected chi connectivity index (χ4v) is 3.01. The molecule has 0 unspecified atom stereocenters. The summed E-state index contributed by atoms with van der Waals surface area (Å²) in [6, 6.07) is 18.6. The highest BCUT2D eigenvalue weighted by Crippen LogP contribution is 2.37. The largest absolute Gasteiger partial charge is 0.493 e. The second kappa shape index (κ2) is 7.52. The molecule has 28 heavy (non-hydrogen) atoms. The van der Waals surface area contributed by atoms with Crippen molar-refractivity contribution in [2.45, 2.75) is 6.61 Å². The van der Waals surface area contributed by atoms with E-state index in [-0.39, 0.29) is 18.0 Å². The lowest BCUT2D eigenvalue weighted by atomic mass is 10.1. The van der Waals surface area contributed by atoms with Crippen molar-refractivity contribution in [2.24, 2.45) is 0 Å². The van der Waals surface area contributed by atoms with Crippen LogP contribution in [0.15, 0.2) is 71.5 Å². The summed E-state index contributed by atoms with van der Waals surface area (Å²) in [5, 5.41) is 0.511. The molecule has 0 amide bonds. The second-order valence-corrected chi connectivity index (χ2v) is 6.19. The van der Waals surface area contributed by atoms with E-state index in [0.29, 0.717) is 39.4 Å². The number of ether oxygens (including phenoxy) is 2. The van der Waals surface area contributed by atoms with Gasteiger partial charge in [-0.3, -0.25) is 4.79 Å². The Labute approximate surface area is 160 Å². The first-order valence-corrected chi connectivity index (χ1v) is 8.69. The summed E-state index contributed by atoms with van der Waals surface area (Å²) in [5.74, 6) is 0.955. The minimum absolute atomic E-state index is 0.142. The first kappa shape index (κ1) is 17.7. The molecular weight excluding hydrogens is 359 g/mol. The second-order valence-electron chi connectivity index (χ2n) is 6.19. The predicted molar refractivity (Wildman–Crippen MR) is 105 cm³/mol. The van der Waals surface area contributed by atoms with Gasteiger partial charge in [0.15, 0.2) is 11.5 Å². The van der Waals surface area contributed by atoms with Gasteiger partial charge < -0.3 is 14.5 Å². The maximum Gasteiger partial charge on any atom is 0.259 e. The van der Waals surface area contributed by atoms with Crippen molar-refractivity contribution in [3.8, 4) is 22.9 Å². The summed E-state index contributed by atoms with van der Waals surface area (Å²) in [7, 11) is 1.53. The van der Waals surface area contributed by atoms with Gasteiger partial charge in [-0.2, -0.15) is 0 Å². The summed E-state index contributed by atoms with van der Waals surface area (Å²) in [6.07, 6.45) is 0. The fourth-order valence-electron chi connectivity index (χ4n) is 3.01. The molecule has 6 heteroatoms. The van der Waals surface area contributed by atoms with Gasteiger partial charge in [-0.15, -0.1) is 0 Å². The molecule has 0 bridgehead atoms. The zero-order chi connectivity index (χ0) is 19.5. The van der Waals surface area contributed by atoms with E-state index >= 15 is 0 Å². The lowest BCUT2D eigenvalue weighted by Gasteiger charge is -2.15. The molecule has 1 heterocycles. The lowest BCUT2D eigenvalue weighted by molar-refractivity contribution is 0.285. The summed E-state index contributed by atoms with van der Waals surface area (Å²) in [4.78, 5) is 19.8. The van der Waals surface area contributed by atoms with Crippen LogP contribution in [-0.4, -0.2) is 17.1 Å². The number of hydrogen-bond acceptors (Lipinski definition) is 4. The Morgan fingerprint density at radius 2 is 1.86 bits per heavy atom. The molecule has 1 aromatic heterocycles. The molecule has 140 valence electrons. The molecule has 0 aliphatic rings. The number of benzene rings is 3. The van der Waals surface area contributed by atoms with Crippen LogP contribution >= 0.6 is 0 Å². The zero-order valence-electron chi connectivity index (χ0n) is 15.1. The number of methoxy groups -OCH3 is 1. The number of fused-ring (bicyclic) bond motifs is 1. The predicted octanol–water partition coefficient (Wildman–Crippen LogP) is 4.32. The zero-order valence-corrected chi connectivity index (χ0v) is 15.1. The number of aromatic amines is 1. The van der Waals surface area contributed by atoms with E-state index in [1.165, 1.54) is 19.2 Å². The van der Waals surface area contributed by atoms with Gasteiger partial charge >= 0.3 is 0 Å². The molecule has 0 saturated heterocycles. The third-order valence-corrected chi connectivity index (χ3v) is 4.34. The molecule has 0 radical (unpaired) electrons. The van der Waals surface area contributed by atoms with Gasteiger partial charge in [-0.1, -0.05) is 30.3 Å². The van der Waals surface area contributed by atoms with Crippen molar-refractivity contribution in [1.82, 2.24) is 9.97 Å². The maximum absolute atomic E-state index is 13.4. The third kappa shape index (κ3) is 3.44. The average Bonchev–Trinajstić information content (AvgIpc) is 2.72. The summed E-state index contributed by atoms with van der Waals surface area (Å²) in [5.41, 5.74) is 1.61. The van der Waals surface area contributed by atoms with Crippen molar-refractivity contribution in [1.29, 1.82) is 0 Å². The Kier molecular flexibility index (Phi) is 4.76. The number of aromatic nitrogens is 2. The molecule has 3 aromatic carbocycles. The van der Waals surface area contributed by atoms with E-state index in [1.807, 2.05) is 6.07 Å². The van der Waals surface area contributed by atoms with Crippen molar-refractivity contribution in [2.75, 3.05) is 7.11 Å². The van der Waals surface area contributed by atoms with Crippen molar-refractivity contribution < 1.29 is 13.9 Å². The molecule has 4 aromatic rings. The van der Waals surface area contributed by atoms with Crippen LogP contribution in [0.1, 0.15) is 5.56 Å². The molecular formula is C22H17FN2O3. The highest BCUT2D eigenvalue weighted by molar-refractivity contribution is 5.80. The van der Waals surface area contributed by atoms with Crippen LogP contribution in [0.5, 0.6) is 11.5 Å². The van der Waals surface area contributed by atoms with Gasteiger partial charge in [0.25, 0.3) is 5.56 Å². The van der Waals surface area contributed by atoms with Gasteiger partial charge in [0.1, 0.15) is 18.2 Å². The Morgan fingerprint density at radius 3 is 2.68 bits per heavy atom. The number of halogens is 1. The number of H-pyrrole nitrogens is 1. The molecule has 0 fully saturated rings. The van der Waals surface area contributed by atoms with Crippen LogP contribution in [0, 0.1) is 5.82 Å². The molecule has 1 N–H and O–H groups in total. The maximum atomic E-state index is 13.4. The van der Waals surface area contributed by atoms with E-state index < -0.39 is 0 Å². The first-order chi connectivity index (χ1) is 13.7. The third-order valence-electron chi connectivity index (χ3n) is 4.34. The topological polar surface area (TPSA) is 64.2 Å². The normalized spacial score (nSPS) is 10.8. The van der Waals surface area contributed by atoms with E-state index in [2.05, 4.69) is 9.97 Å². The van der Waals surface area contributed by atoms with E-state index in [4.69, 9.17) is 9.47 Å². The van der Waals surface area contributed by atoms with Crippen LogP contribution in [0.3, 0.4) is 0 Å². The van der Waals surface area contributed by atoms with Gasteiger partial charge in [-0.05, 0) is 42.0 Å². The minimum atomic E-state index is -0.332.